The molecule has 0 saturated carbocycles. The van der Waals surface area contributed by atoms with Crippen LogP contribution in [0.1, 0.15) is 89.7 Å². The summed E-state index contributed by atoms with van der Waals surface area (Å²) >= 11 is 0. The number of hydrogen-bond donors (Lipinski definition) is 0. The molecule has 2 heterocycles. The van der Waals surface area contributed by atoms with Gasteiger partial charge in [0.05, 0.1) is 6.26 Å². The number of unbranched alkanes of at least 4 members (excludes halogenated alkanes) is 11. The topological polar surface area (TPSA) is 26.3 Å². The Kier molecular flexibility index (Phi) is 7.67. The van der Waals surface area contributed by atoms with Gasteiger partial charge < -0.3 is 8.83 Å². The molecule has 4 aromatic carbocycles. The number of furan rings is 2. The minimum absolute atomic E-state index is 0.939. The maximum atomic E-state index is 6.34. The largest absolute Gasteiger partial charge is 0.464 e. The Balaban J connectivity index is 1.09. The van der Waals surface area contributed by atoms with Gasteiger partial charge in [0.25, 0.3) is 0 Å². The number of hydrogen-bond acceptors (Lipinski definition) is 2. The van der Waals surface area contributed by atoms with E-state index >= 15 is 0 Å². The van der Waals surface area contributed by atoms with Crippen molar-refractivity contribution in [3.63, 3.8) is 0 Å². The molecule has 0 aliphatic heterocycles. The highest BCUT2D eigenvalue weighted by atomic mass is 16.3. The van der Waals surface area contributed by atoms with Crippen molar-refractivity contribution in [3.8, 4) is 0 Å². The average Bonchev–Trinajstić information content (AvgIpc) is 3.56. The second-order valence-corrected chi connectivity index (χ2v) is 11.2. The van der Waals surface area contributed by atoms with E-state index in [1.807, 2.05) is 6.07 Å². The maximum Gasteiger partial charge on any atom is 0.134 e. The van der Waals surface area contributed by atoms with Gasteiger partial charge in [0.15, 0.2) is 0 Å². The van der Waals surface area contributed by atoms with Crippen LogP contribution in [0.3, 0.4) is 0 Å². The van der Waals surface area contributed by atoms with Gasteiger partial charge >= 0.3 is 0 Å². The SMILES string of the molecule is CCCCCCCCCCCCCCc1cc2cc3ccc4c5cc6occc6cc5ccc4c3cc2o1. The molecule has 0 spiro atoms. The molecule has 0 amide bonds. The molecule has 6 rings (SSSR count). The molecule has 2 aromatic heterocycles. The van der Waals surface area contributed by atoms with Gasteiger partial charge in [-0.3, -0.25) is 0 Å². The highest BCUT2D eigenvalue weighted by molar-refractivity contribution is 6.20. The molecule has 2 heteroatoms. The van der Waals surface area contributed by atoms with Crippen molar-refractivity contribution < 1.29 is 8.83 Å². The van der Waals surface area contributed by atoms with Crippen LogP contribution in [-0.4, -0.2) is 0 Å². The van der Waals surface area contributed by atoms with Crippen LogP contribution in [0.4, 0.5) is 0 Å². The Hall–Kier alpha value is -3.26. The maximum absolute atomic E-state index is 6.34. The lowest BCUT2D eigenvalue weighted by Crippen LogP contribution is -1.85. The highest BCUT2D eigenvalue weighted by Gasteiger charge is 2.11. The van der Waals surface area contributed by atoms with Crippen LogP contribution < -0.4 is 0 Å². The minimum atomic E-state index is 0.939. The molecule has 38 heavy (non-hydrogen) atoms. The van der Waals surface area contributed by atoms with Gasteiger partial charge in [-0.2, -0.15) is 0 Å². The Morgan fingerprint density at radius 2 is 1.05 bits per heavy atom. The van der Waals surface area contributed by atoms with Gasteiger partial charge in [0.2, 0.25) is 0 Å². The Labute approximate surface area is 226 Å². The molecule has 0 atom stereocenters. The summed E-state index contributed by atoms with van der Waals surface area (Å²) in [5.41, 5.74) is 1.94. The normalized spacial score (nSPS) is 12.1. The lowest BCUT2D eigenvalue weighted by molar-refractivity contribution is 0.514. The number of benzene rings is 4. The first-order valence-electron chi connectivity index (χ1n) is 15.0. The third-order valence-electron chi connectivity index (χ3n) is 8.37. The smallest absolute Gasteiger partial charge is 0.134 e. The molecule has 0 N–H and O–H groups in total. The Morgan fingerprint density at radius 3 is 1.71 bits per heavy atom. The standard InChI is InChI=1S/C36H40O2/c1-2-3-4-5-6-7-8-9-10-11-12-13-14-30-23-29-22-27-16-18-31-32(34(27)25-36(29)38-30)17-15-26-21-28-19-20-37-35(28)24-33(26)31/h15-25H,2-14H2,1H3. The molecule has 0 saturated heterocycles. The van der Waals surface area contributed by atoms with Crippen LogP contribution in [0, 0.1) is 0 Å². The summed E-state index contributed by atoms with van der Waals surface area (Å²) in [6.45, 7) is 2.29. The van der Waals surface area contributed by atoms with E-state index in [0.717, 1.165) is 28.7 Å². The van der Waals surface area contributed by atoms with Crippen LogP contribution in [0.15, 0.2) is 75.8 Å². The van der Waals surface area contributed by atoms with Crippen LogP contribution >= 0.6 is 0 Å². The van der Waals surface area contributed by atoms with Crippen molar-refractivity contribution in [2.24, 2.45) is 0 Å². The monoisotopic (exact) mass is 504 g/mol. The van der Waals surface area contributed by atoms with Crippen molar-refractivity contribution in [1.29, 1.82) is 0 Å². The van der Waals surface area contributed by atoms with E-state index in [9.17, 15) is 0 Å². The summed E-state index contributed by atoms with van der Waals surface area (Å²) in [6.07, 6.45) is 19.3. The van der Waals surface area contributed by atoms with E-state index in [4.69, 9.17) is 8.83 Å². The minimum Gasteiger partial charge on any atom is -0.464 e. The van der Waals surface area contributed by atoms with Crippen LogP contribution in [-0.2, 0) is 6.42 Å². The quantitative estimate of drug-likeness (QED) is 0.115. The fourth-order valence-corrected chi connectivity index (χ4v) is 6.19. The molecular formula is C36H40O2. The molecular weight excluding hydrogens is 464 g/mol. The van der Waals surface area contributed by atoms with Gasteiger partial charge in [-0.25, -0.2) is 0 Å². The number of fused-ring (bicyclic) bond motifs is 7. The first kappa shape index (κ1) is 25.0. The first-order chi connectivity index (χ1) is 18.8. The lowest BCUT2D eigenvalue weighted by Gasteiger charge is -2.08. The van der Waals surface area contributed by atoms with E-state index in [0.29, 0.717) is 0 Å². The third kappa shape index (κ3) is 5.32. The molecule has 2 nitrogen and oxygen atoms in total. The predicted octanol–water partition coefficient (Wildman–Crippen LogP) is 11.9. The number of rotatable bonds is 13. The highest BCUT2D eigenvalue weighted by Crippen LogP contribution is 2.36. The Bertz CT molecular complexity index is 1670. The van der Waals surface area contributed by atoms with Gasteiger partial charge in [-0.15, -0.1) is 0 Å². The zero-order valence-corrected chi connectivity index (χ0v) is 22.9. The lowest BCUT2D eigenvalue weighted by atomic mass is 9.96. The molecule has 0 bridgehead atoms. The molecule has 0 aliphatic rings. The summed E-state index contributed by atoms with van der Waals surface area (Å²) in [5.74, 6) is 1.12. The molecule has 196 valence electrons. The van der Waals surface area contributed by atoms with E-state index < -0.39 is 0 Å². The van der Waals surface area contributed by atoms with E-state index in [2.05, 4.69) is 61.5 Å². The molecule has 0 fully saturated rings. The predicted molar refractivity (Wildman–Crippen MR) is 163 cm³/mol. The summed E-state index contributed by atoms with van der Waals surface area (Å²) in [5, 5.41) is 9.88. The van der Waals surface area contributed by atoms with Gasteiger partial charge in [0.1, 0.15) is 16.9 Å². The number of aryl methyl sites for hydroxylation is 1. The average molecular weight is 505 g/mol. The first-order valence-corrected chi connectivity index (χ1v) is 15.0. The van der Waals surface area contributed by atoms with Crippen molar-refractivity contribution in [2.75, 3.05) is 0 Å². The third-order valence-corrected chi connectivity index (χ3v) is 8.37. The molecule has 0 aliphatic carbocycles. The van der Waals surface area contributed by atoms with Gasteiger partial charge in [-0.05, 0) is 75.1 Å². The van der Waals surface area contributed by atoms with E-state index in [-0.39, 0.29) is 0 Å². The fourth-order valence-electron chi connectivity index (χ4n) is 6.19. The van der Waals surface area contributed by atoms with Crippen LogP contribution in [0.5, 0.6) is 0 Å². The second kappa shape index (κ2) is 11.6. The fraction of sp³-hybridized carbons (Fsp3) is 0.389. The van der Waals surface area contributed by atoms with Gasteiger partial charge in [0, 0.05) is 17.2 Å². The molecule has 0 unspecified atom stereocenters. The van der Waals surface area contributed by atoms with Crippen molar-refractivity contribution in [3.05, 3.63) is 72.7 Å². The molecule has 6 aromatic rings. The van der Waals surface area contributed by atoms with Crippen molar-refractivity contribution >= 4 is 54.3 Å². The van der Waals surface area contributed by atoms with Crippen LogP contribution in [0.25, 0.3) is 54.3 Å². The summed E-state index contributed by atoms with van der Waals surface area (Å²) in [7, 11) is 0. The van der Waals surface area contributed by atoms with Crippen molar-refractivity contribution in [1.82, 2.24) is 0 Å². The summed E-state index contributed by atoms with van der Waals surface area (Å²) < 4.78 is 12.0. The molecule has 0 radical (unpaired) electrons. The zero-order valence-electron chi connectivity index (χ0n) is 22.9. The van der Waals surface area contributed by atoms with Crippen molar-refractivity contribution in [2.45, 2.75) is 90.4 Å². The van der Waals surface area contributed by atoms with E-state index in [1.54, 1.807) is 6.26 Å². The summed E-state index contributed by atoms with van der Waals surface area (Å²) in [4.78, 5) is 0. The second-order valence-electron chi connectivity index (χ2n) is 11.2. The Morgan fingerprint density at radius 1 is 0.474 bits per heavy atom. The van der Waals surface area contributed by atoms with Gasteiger partial charge in [-0.1, -0.05) is 102 Å². The summed E-state index contributed by atoms with van der Waals surface area (Å²) in [6, 6.07) is 22.2. The van der Waals surface area contributed by atoms with E-state index in [1.165, 1.54) is 115 Å². The zero-order chi connectivity index (χ0) is 25.7. The van der Waals surface area contributed by atoms with Crippen LogP contribution in [0.2, 0.25) is 0 Å².